The van der Waals surface area contributed by atoms with Gasteiger partial charge in [0.25, 0.3) is 0 Å². The number of benzene rings is 3. The third-order valence-corrected chi connectivity index (χ3v) is 10.3. The molecule has 0 aliphatic carbocycles. The number of para-hydroxylation sites is 1. The zero-order valence-corrected chi connectivity index (χ0v) is 28.7. The van der Waals surface area contributed by atoms with Crippen LogP contribution in [0.15, 0.2) is 91.4 Å². The first kappa shape index (κ1) is 32.6. The van der Waals surface area contributed by atoms with Gasteiger partial charge in [0.2, 0.25) is 0 Å². The molecule has 5 heterocycles. The standard InChI is InChI=1S/C40H40ClN7O2/c1-25-32(6-3-8-34(25)45-36-10-2-5-28-17-26(19-43-38(28)36)21-47-15-12-30(49)23-47)33-7-4-9-35(37(33)41)46-40-39-29(11-14-42-40)18-27(20-44-39)22-48-16-13-31(50)24-48/h2-11,14,17-20,30-31,45,49-50H,12-13,15-16,21-24H2,1H3,(H,42,46)/t30-,31+/m0/s1. The molecule has 9 nitrogen and oxygen atoms in total. The van der Waals surface area contributed by atoms with Crippen molar-refractivity contribution in [1.82, 2.24) is 24.8 Å². The van der Waals surface area contributed by atoms with Crippen molar-refractivity contribution in [2.45, 2.75) is 45.1 Å². The van der Waals surface area contributed by atoms with Crippen molar-refractivity contribution in [3.05, 3.63) is 113 Å². The molecule has 2 saturated heterocycles. The summed E-state index contributed by atoms with van der Waals surface area (Å²) in [5.41, 5.74) is 9.58. The molecule has 0 spiro atoms. The molecule has 4 N–H and O–H groups in total. The smallest absolute Gasteiger partial charge is 0.156 e. The molecule has 2 aliphatic heterocycles. The number of aliphatic hydroxyl groups excluding tert-OH is 2. The summed E-state index contributed by atoms with van der Waals surface area (Å²) in [6, 6.07) is 24.7. The normalized spacial score (nSPS) is 18.3. The van der Waals surface area contributed by atoms with Crippen molar-refractivity contribution in [3.8, 4) is 11.1 Å². The number of anilines is 4. The topological polar surface area (TPSA) is 110 Å². The van der Waals surface area contributed by atoms with Gasteiger partial charge in [-0.1, -0.05) is 48.0 Å². The highest BCUT2D eigenvalue weighted by atomic mass is 35.5. The molecule has 8 rings (SSSR count). The van der Waals surface area contributed by atoms with E-state index >= 15 is 0 Å². The van der Waals surface area contributed by atoms with Crippen LogP contribution in [0.2, 0.25) is 5.02 Å². The third-order valence-electron chi connectivity index (χ3n) is 9.88. The van der Waals surface area contributed by atoms with Crippen LogP contribution in [0.4, 0.5) is 22.9 Å². The number of halogens is 1. The lowest BCUT2D eigenvalue weighted by atomic mass is 9.98. The van der Waals surface area contributed by atoms with E-state index in [4.69, 9.17) is 21.6 Å². The SMILES string of the molecule is Cc1c(Nc2cccc3cc(CN4CC[C@H](O)C4)cnc23)cccc1-c1cccc(Nc2nccc3cc(CN4CC[C@@H](O)C4)cnc23)c1Cl. The number of nitrogens with zero attached hydrogens (tertiary/aromatic N) is 5. The molecule has 0 bridgehead atoms. The van der Waals surface area contributed by atoms with Crippen molar-refractivity contribution in [3.63, 3.8) is 0 Å². The molecule has 0 unspecified atom stereocenters. The largest absolute Gasteiger partial charge is 0.392 e. The van der Waals surface area contributed by atoms with E-state index < -0.39 is 0 Å². The second-order valence-electron chi connectivity index (χ2n) is 13.5. The maximum atomic E-state index is 9.92. The average molecular weight is 686 g/mol. The highest BCUT2D eigenvalue weighted by Crippen LogP contribution is 2.40. The Morgan fingerprint density at radius 2 is 1.30 bits per heavy atom. The lowest BCUT2D eigenvalue weighted by Gasteiger charge is -2.18. The van der Waals surface area contributed by atoms with E-state index in [1.54, 1.807) is 6.20 Å². The van der Waals surface area contributed by atoms with Crippen LogP contribution in [0, 0.1) is 6.92 Å². The number of aliphatic hydroxyl groups is 2. The third kappa shape index (κ3) is 6.75. The second-order valence-corrected chi connectivity index (χ2v) is 13.9. The fraction of sp³-hybridized carbons (Fsp3) is 0.275. The zero-order chi connectivity index (χ0) is 34.2. The molecule has 6 aromatic rings. The molecule has 0 saturated carbocycles. The highest BCUT2D eigenvalue weighted by molar-refractivity contribution is 6.36. The monoisotopic (exact) mass is 685 g/mol. The molecule has 2 fully saturated rings. The fourth-order valence-electron chi connectivity index (χ4n) is 7.28. The summed E-state index contributed by atoms with van der Waals surface area (Å²) in [4.78, 5) is 18.8. The summed E-state index contributed by atoms with van der Waals surface area (Å²) in [6.45, 7) is 6.85. The molecule has 10 heteroatoms. The summed E-state index contributed by atoms with van der Waals surface area (Å²) in [5.74, 6) is 0.640. The number of rotatable bonds is 9. The van der Waals surface area contributed by atoms with E-state index in [0.29, 0.717) is 23.9 Å². The van der Waals surface area contributed by atoms with E-state index in [2.05, 4.69) is 74.8 Å². The molecular formula is C40H40ClN7O2. The Morgan fingerprint density at radius 3 is 1.98 bits per heavy atom. The van der Waals surface area contributed by atoms with Gasteiger partial charge in [0.05, 0.1) is 34.1 Å². The number of hydrogen-bond acceptors (Lipinski definition) is 9. The molecule has 3 aromatic carbocycles. The molecule has 254 valence electrons. The molecule has 0 amide bonds. The van der Waals surface area contributed by atoms with Gasteiger partial charge in [-0.3, -0.25) is 19.8 Å². The molecule has 50 heavy (non-hydrogen) atoms. The molecule has 2 atom stereocenters. The summed E-state index contributed by atoms with van der Waals surface area (Å²) in [5, 5.41) is 29.6. The van der Waals surface area contributed by atoms with Crippen molar-refractivity contribution in [2.24, 2.45) is 0 Å². The van der Waals surface area contributed by atoms with Crippen LogP contribution in [0.5, 0.6) is 0 Å². The Bertz CT molecular complexity index is 2040. The van der Waals surface area contributed by atoms with Crippen LogP contribution >= 0.6 is 11.6 Å². The Morgan fingerprint density at radius 1 is 0.700 bits per heavy atom. The number of fused-ring (bicyclic) bond motifs is 2. The van der Waals surface area contributed by atoms with E-state index in [1.165, 1.54) is 0 Å². The average Bonchev–Trinajstić information content (AvgIpc) is 3.73. The lowest BCUT2D eigenvalue weighted by molar-refractivity contribution is 0.174. The fourth-order valence-corrected chi connectivity index (χ4v) is 7.55. The minimum atomic E-state index is -0.246. The van der Waals surface area contributed by atoms with Crippen LogP contribution in [-0.4, -0.2) is 73.4 Å². The van der Waals surface area contributed by atoms with E-state index in [-0.39, 0.29) is 12.2 Å². The first-order valence-corrected chi connectivity index (χ1v) is 17.6. The molecule has 2 aliphatic rings. The van der Waals surface area contributed by atoms with Crippen LogP contribution in [0.25, 0.3) is 32.9 Å². The quantitative estimate of drug-likeness (QED) is 0.124. The number of nitrogens with one attached hydrogen (secondary N) is 2. The minimum Gasteiger partial charge on any atom is -0.392 e. The maximum Gasteiger partial charge on any atom is 0.156 e. The van der Waals surface area contributed by atoms with Crippen molar-refractivity contribution >= 4 is 56.3 Å². The predicted molar refractivity (Wildman–Crippen MR) is 201 cm³/mol. The summed E-state index contributed by atoms with van der Waals surface area (Å²) >= 11 is 7.14. The van der Waals surface area contributed by atoms with Crippen LogP contribution < -0.4 is 10.6 Å². The Balaban J connectivity index is 1.03. The Kier molecular flexibility index (Phi) is 9.07. The zero-order valence-electron chi connectivity index (χ0n) is 28.0. The summed E-state index contributed by atoms with van der Waals surface area (Å²) < 4.78 is 0. The predicted octanol–water partition coefficient (Wildman–Crippen LogP) is 7.43. The summed E-state index contributed by atoms with van der Waals surface area (Å²) in [7, 11) is 0. The van der Waals surface area contributed by atoms with Gasteiger partial charge in [0.1, 0.15) is 5.52 Å². The van der Waals surface area contributed by atoms with Crippen LogP contribution in [0.3, 0.4) is 0 Å². The maximum absolute atomic E-state index is 9.92. The van der Waals surface area contributed by atoms with Crippen molar-refractivity contribution in [2.75, 3.05) is 36.8 Å². The van der Waals surface area contributed by atoms with Gasteiger partial charge < -0.3 is 20.8 Å². The van der Waals surface area contributed by atoms with Gasteiger partial charge in [-0.2, -0.15) is 0 Å². The van der Waals surface area contributed by atoms with Gasteiger partial charge >= 0.3 is 0 Å². The number of β-amino-alcohol motifs (C(OH)–C–C–N with tert-alkyl or cyclic N) is 2. The first-order chi connectivity index (χ1) is 24.4. The van der Waals surface area contributed by atoms with E-state index in [0.717, 1.165) is 106 Å². The van der Waals surface area contributed by atoms with Gasteiger partial charge in [0, 0.05) is 79.9 Å². The molecular weight excluding hydrogens is 646 g/mol. The Labute approximate surface area is 296 Å². The second kappa shape index (κ2) is 13.9. The Hall–Kier alpha value is -4.64. The van der Waals surface area contributed by atoms with Crippen LogP contribution in [-0.2, 0) is 13.1 Å². The summed E-state index contributed by atoms with van der Waals surface area (Å²) in [6.07, 6.45) is 6.78. The lowest BCUT2D eigenvalue weighted by Crippen LogP contribution is -2.21. The highest BCUT2D eigenvalue weighted by Gasteiger charge is 2.22. The van der Waals surface area contributed by atoms with Crippen molar-refractivity contribution in [1.29, 1.82) is 0 Å². The van der Waals surface area contributed by atoms with Gasteiger partial charge in [-0.05, 0) is 78.4 Å². The van der Waals surface area contributed by atoms with Gasteiger partial charge in [-0.25, -0.2) is 4.98 Å². The minimum absolute atomic E-state index is 0.234. The first-order valence-electron chi connectivity index (χ1n) is 17.2. The van der Waals surface area contributed by atoms with E-state index in [1.807, 2.05) is 42.7 Å². The van der Waals surface area contributed by atoms with E-state index in [9.17, 15) is 10.2 Å². The molecule has 3 aromatic heterocycles. The number of hydrogen-bond donors (Lipinski definition) is 4. The van der Waals surface area contributed by atoms with Gasteiger partial charge in [-0.15, -0.1) is 0 Å². The number of aromatic nitrogens is 3. The van der Waals surface area contributed by atoms with Crippen LogP contribution in [0.1, 0.15) is 29.5 Å². The van der Waals surface area contributed by atoms with Gasteiger partial charge in [0.15, 0.2) is 5.82 Å². The number of likely N-dealkylation sites (tertiary alicyclic amines) is 2. The molecule has 0 radical (unpaired) electrons. The van der Waals surface area contributed by atoms with Crippen molar-refractivity contribution < 1.29 is 10.2 Å². The number of pyridine rings is 3.